The molecule has 1 heterocycles. The monoisotopic (exact) mass is 398 g/mol. The lowest BCUT2D eigenvalue weighted by atomic mass is 10.1. The number of halogens is 1. The Morgan fingerprint density at radius 3 is 2.36 bits per heavy atom. The molecule has 3 rings (SSSR count). The number of nitrogens with zero attached hydrogens (tertiary/aromatic N) is 4. The van der Waals surface area contributed by atoms with Crippen LogP contribution < -0.4 is 0 Å². The van der Waals surface area contributed by atoms with Gasteiger partial charge in [0.25, 0.3) is 0 Å². The Bertz CT molecular complexity index is 941. The van der Waals surface area contributed by atoms with E-state index in [1.165, 1.54) is 17.8 Å². The van der Waals surface area contributed by atoms with Crippen molar-refractivity contribution in [2.75, 3.05) is 13.1 Å². The van der Waals surface area contributed by atoms with E-state index in [1.54, 1.807) is 34.7 Å². The maximum absolute atomic E-state index is 14.2. The summed E-state index contributed by atoms with van der Waals surface area (Å²) in [6, 6.07) is 16.1. The minimum absolute atomic E-state index is 0.0247. The van der Waals surface area contributed by atoms with Gasteiger partial charge in [0.2, 0.25) is 5.91 Å². The van der Waals surface area contributed by atoms with E-state index >= 15 is 0 Å². The largest absolute Gasteiger partial charge is 0.342 e. The Morgan fingerprint density at radius 1 is 1.07 bits per heavy atom. The van der Waals surface area contributed by atoms with E-state index in [2.05, 4.69) is 10.2 Å². The van der Waals surface area contributed by atoms with Gasteiger partial charge in [0.1, 0.15) is 11.1 Å². The van der Waals surface area contributed by atoms with Crippen molar-refractivity contribution < 1.29 is 9.18 Å². The maximum atomic E-state index is 14.2. The number of amides is 1. The van der Waals surface area contributed by atoms with Crippen LogP contribution in [-0.4, -0.2) is 38.7 Å². The molecular formula is C21H23FN4OS. The van der Waals surface area contributed by atoms with Gasteiger partial charge in [-0.25, -0.2) is 4.39 Å². The third-order valence-electron chi connectivity index (χ3n) is 4.57. The summed E-state index contributed by atoms with van der Waals surface area (Å²) in [5.41, 5.74) is 1.29. The fraction of sp³-hybridized carbons (Fsp3) is 0.286. The molecule has 0 aliphatic rings. The first-order chi connectivity index (χ1) is 13.6. The lowest BCUT2D eigenvalue weighted by Gasteiger charge is -2.24. The van der Waals surface area contributed by atoms with Crippen molar-refractivity contribution in [2.24, 2.45) is 7.05 Å². The van der Waals surface area contributed by atoms with E-state index in [0.29, 0.717) is 29.6 Å². The number of carbonyl (C=O) groups excluding carboxylic acids is 1. The van der Waals surface area contributed by atoms with Gasteiger partial charge in [0, 0.05) is 20.1 Å². The molecule has 0 bridgehead atoms. The minimum Gasteiger partial charge on any atom is -0.342 e. The molecule has 0 saturated heterocycles. The smallest absolute Gasteiger partial charge is 0.240 e. The van der Waals surface area contributed by atoms with Crippen molar-refractivity contribution in [1.82, 2.24) is 19.7 Å². The van der Waals surface area contributed by atoms with Gasteiger partial charge in [-0.15, -0.1) is 10.2 Å². The molecule has 1 aromatic heterocycles. The quantitative estimate of drug-likeness (QED) is 0.556. The van der Waals surface area contributed by atoms with Crippen LogP contribution in [0.25, 0.3) is 11.4 Å². The summed E-state index contributed by atoms with van der Waals surface area (Å²) < 4.78 is 15.9. The van der Waals surface area contributed by atoms with Crippen LogP contribution in [0.2, 0.25) is 0 Å². The molecular weight excluding hydrogens is 375 g/mol. The van der Waals surface area contributed by atoms with E-state index in [0.717, 1.165) is 5.56 Å². The first kappa shape index (κ1) is 20.1. The summed E-state index contributed by atoms with van der Waals surface area (Å²) in [5, 5.41) is 8.51. The average molecular weight is 399 g/mol. The van der Waals surface area contributed by atoms with Gasteiger partial charge in [0.15, 0.2) is 11.0 Å². The fourth-order valence-electron chi connectivity index (χ4n) is 2.99. The van der Waals surface area contributed by atoms with Crippen LogP contribution in [-0.2, 0) is 11.8 Å². The van der Waals surface area contributed by atoms with Gasteiger partial charge in [-0.2, -0.15) is 0 Å². The molecule has 7 heteroatoms. The molecule has 2 aromatic carbocycles. The van der Waals surface area contributed by atoms with Crippen molar-refractivity contribution in [2.45, 2.75) is 24.3 Å². The van der Waals surface area contributed by atoms with Gasteiger partial charge in [0.05, 0.1) is 5.56 Å². The number of benzene rings is 2. The van der Waals surface area contributed by atoms with Crippen LogP contribution in [0.5, 0.6) is 0 Å². The van der Waals surface area contributed by atoms with Crippen LogP contribution in [0.3, 0.4) is 0 Å². The second kappa shape index (κ2) is 9.01. The molecule has 0 fully saturated rings. The highest BCUT2D eigenvalue weighted by atomic mass is 32.2. The standard InChI is InChI=1S/C21H23FN4OS/c1-4-26(5-2)20(27)18(15-11-7-6-8-12-15)28-21-24-23-19(25(21)3)16-13-9-10-14-17(16)22/h6-14,18H,4-5H2,1-3H3/t18-/m1/s1. The van der Waals surface area contributed by atoms with Crippen LogP contribution in [0.4, 0.5) is 4.39 Å². The zero-order chi connectivity index (χ0) is 20.1. The first-order valence-corrected chi connectivity index (χ1v) is 10.1. The molecule has 0 radical (unpaired) electrons. The maximum Gasteiger partial charge on any atom is 0.240 e. The van der Waals surface area contributed by atoms with E-state index < -0.39 is 5.25 Å². The van der Waals surface area contributed by atoms with Crippen molar-refractivity contribution in [3.05, 3.63) is 66.0 Å². The summed E-state index contributed by atoms with van der Waals surface area (Å²) in [6.07, 6.45) is 0. The van der Waals surface area contributed by atoms with Gasteiger partial charge < -0.3 is 9.47 Å². The topological polar surface area (TPSA) is 51.0 Å². The van der Waals surface area contributed by atoms with Gasteiger partial charge >= 0.3 is 0 Å². The highest BCUT2D eigenvalue weighted by molar-refractivity contribution is 8.00. The Morgan fingerprint density at radius 2 is 1.71 bits per heavy atom. The van der Waals surface area contributed by atoms with Crippen LogP contribution in [0.1, 0.15) is 24.7 Å². The molecule has 1 amide bonds. The normalized spacial score (nSPS) is 12.0. The highest BCUT2D eigenvalue weighted by Gasteiger charge is 2.28. The molecule has 5 nitrogen and oxygen atoms in total. The van der Waals surface area contributed by atoms with Crippen molar-refractivity contribution in [3.8, 4) is 11.4 Å². The number of likely N-dealkylation sites (N-methyl/N-ethyl adjacent to an activating group) is 1. The number of rotatable bonds is 7. The predicted octanol–water partition coefficient (Wildman–Crippen LogP) is 4.32. The summed E-state index contributed by atoms with van der Waals surface area (Å²) >= 11 is 1.33. The second-order valence-electron chi connectivity index (χ2n) is 6.26. The molecule has 0 aliphatic heterocycles. The van der Waals surface area contributed by atoms with Crippen LogP contribution in [0.15, 0.2) is 59.8 Å². The first-order valence-electron chi connectivity index (χ1n) is 9.21. The Kier molecular flexibility index (Phi) is 6.46. The number of hydrogen-bond donors (Lipinski definition) is 0. The molecule has 0 N–H and O–H groups in total. The third kappa shape index (κ3) is 4.09. The van der Waals surface area contributed by atoms with E-state index in [4.69, 9.17) is 0 Å². The summed E-state index contributed by atoms with van der Waals surface area (Å²) in [7, 11) is 1.79. The average Bonchev–Trinajstić information content (AvgIpc) is 3.08. The fourth-order valence-corrected chi connectivity index (χ4v) is 4.08. The summed E-state index contributed by atoms with van der Waals surface area (Å²) in [6.45, 7) is 5.20. The van der Waals surface area contributed by atoms with Gasteiger partial charge in [-0.1, -0.05) is 54.2 Å². The van der Waals surface area contributed by atoms with E-state index in [9.17, 15) is 9.18 Å². The van der Waals surface area contributed by atoms with Crippen molar-refractivity contribution >= 4 is 17.7 Å². The van der Waals surface area contributed by atoms with Gasteiger partial charge in [-0.3, -0.25) is 4.79 Å². The molecule has 0 spiro atoms. The Balaban J connectivity index is 1.96. The minimum atomic E-state index is -0.447. The predicted molar refractivity (Wildman–Crippen MR) is 109 cm³/mol. The highest BCUT2D eigenvalue weighted by Crippen LogP contribution is 2.37. The molecule has 1 atom stereocenters. The Labute approximate surface area is 168 Å². The second-order valence-corrected chi connectivity index (χ2v) is 7.34. The van der Waals surface area contributed by atoms with Crippen LogP contribution >= 0.6 is 11.8 Å². The van der Waals surface area contributed by atoms with Gasteiger partial charge in [-0.05, 0) is 31.5 Å². The molecule has 146 valence electrons. The molecule has 0 unspecified atom stereocenters. The van der Waals surface area contributed by atoms with E-state index in [-0.39, 0.29) is 11.7 Å². The molecule has 3 aromatic rings. The Hall–Kier alpha value is -2.67. The molecule has 28 heavy (non-hydrogen) atoms. The zero-order valence-electron chi connectivity index (χ0n) is 16.2. The van der Waals surface area contributed by atoms with Crippen molar-refractivity contribution in [1.29, 1.82) is 0 Å². The van der Waals surface area contributed by atoms with Crippen LogP contribution in [0, 0.1) is 5.82 Å². The lowest BCUT2D eigenvalue weighted by Crippen LogP contribution is -2.34. The molecule has 0 saturated carbocycles. The third-order valence-corrected chi connectivity index (χ3v) is 5.85. The lowest BCUT2D eigenvalue weighted by molar-refractivity contribution is -0.130. The summed E-state index contributed by atoms with van der Waals surface area (Å²) in [5.74, 6) is 0.104. The number of thioether (sulfide) groups is 1. The number of hydrogen-bond acceptors (Lipinski definition) is 4. The van der Waals surface area contributed by atoms with E-state index in [1.807, 2.05) is 44.2 Å². The van der Waals surface area contributed by atoms with Crippen molar-refractivity contribution in [3.63, 3.8) is 0 Å². The number of aromatic nitrogens is 3. The molecule has 0 aliphatic carbocycles. The number of carbonyl (C=O) groups is 1. The SMILES string of the molecule is CCN(CC)C(=O)[C@H](Sc1nnc(-c2ccccc2F)n1C)c1ccccc1. The zero-order valence-corrected chi connectivity index (χ0v) is 17.0. The summed E-state index contributed by atoms with van der Waals surface area (Å²) in [4.78, 5) is 14.9.